The van der Waals surface area contributed by atoms with Crippen LogP contribution in [0.25, 0.3) is 0 Å². The number of aryl methyl sites for hydroxylation is 2. The van der Waals surface area contributed by atoms with Gasteiger partial charge in [-0.1, -0.05) is 23.8 Å². The predicted molar refractivity (Wildman–Crippen MR) is 79.7 cm³/mol. The zero-order valence-electron chi connectivity index (χ0n) is 12.2. The standard InChI is InChI=1S/C17H18FNO2/c1-12-3-4-14(13(2)9-12)10-19-17(20)11-21-16-7-5-15(18)6-8-16/h3-9H,10-11H2,1-2H3,(H,19,20). The lowest BCUT2D eigenvalue weighted by Gasteiger charge is -2.10. The molecule has 0 aliphatic heterocycles. The molecular weight excluding hydrogens is 269 g/mol. The van der Waals surface area contributed by atoms with Crippen LogP contribution < -0.4 is 10.1 Å². The second kappa shape index (κ2) is 6.88. The number of nitrogens with one attached hydrogen (secondary N) is 1. The molecule has 0 aliphatic rings. The minimum atomic E-state index is -0.332. The van der Waals surface area contributed by atoms with Gasteiger partial charge in [-0.15, -0.1) is 0 Å². The summed E-state index contributed by atoms with van der Waals surface area (Å²) in [6, 6.07) is 11.7. The fourth-order valence-corrected chi connectivity index (χ4v) is 1.97. The second-order valence-corrected chi connectivity index (χ2v) is 4.95. The van der Waals surface area contributed by atoms with Crippen LogP contribution in [-0.2, 0) is 11.3 Å². The molecular formula is C17H18FNO2. The summed E-state index contributed by atoms with van der Waals surface area (Å²) >= 11 is 0. The largest absolute Gasteiger partial charge is 0.484 e. The first kappa shape index (κ1) is 15.0. The van der Waals surface area contributed by atoms with E-state index in [1.54, 1.807) is 0 Å². The average molecular weight is 287 g/mol. The van der Waals surface area contributed by atoms with Crippen molar-refractivity contribution in [3.63, 3.8) is 0 Å². The Morgan fingerprint density at radius 2 is 1.86 bits per heavy atom. The number of benzene rings is 2. The van der Waals surface area contributed by atoms with Gasteiger partial charge in [-0.3, -0.25) is 4.79 Å². The molecule has 2 rings (SSSR count). The molecule has 0 heterocycles. The molecule has 0 unspecified atom stereocenters. The zero-order valence-corrected chi connectivity index (χ0v) is 12.2. The Morgan fingerprint density at radius 1 is 1.14 bits per heavy atom. The van der Waals surface area contributed by atoms with Gasteiger partial charge < -0.3 is 10.1 Å². The van der Waals surface area contributed by atoms with Gasteiger partial charge >= 0.3 is 0 Å². The highest BCUT2D eigenvalue weighted by molar-refractivity contribution is 5.77. The van der Waals surface area contributed by atoms with Gasteiger partial charge in [-0.2, -0.15) is 0 Å². The first-order valence-electron chi connectivity index (χ1n) is 6.76. The quantitative estimate of drug-likeness (QED) is 0.917. The van der Waals surface area contributed by atoms with Crippen molar-refractivity contribution in [3.05, 3.63) is 65.0 Å². The maximum atomic E-state index is 12.7. The summed E-state index contributed by atoms with van der Waals surface area (Å²) in [5.74, 6) is -0.0704. The SMILES string of the molecule is Cc1ccc(CNC(=O)COc2ccc(F)cc2)c(C)c1. The van der Waals surface area contributed by atoms with Crippen LogP contribution in [0.2, 0.25) is 0 Å². The molecule has 2 aromatic rings. The Kier molecular flexibility index (Phi) is 4.93. The highest BCUT2D eigenvalue weighted by Gasteiger charge is 2.04. The molecule has 0 aromatic heterocycles. The van der Waals surface area contributed by atoms with Gasteiger partial charge in [-0.05, 0) is 49.2 Å². The van der Waals surface area contributed by atoms with E-state index in [-0.39, 0.29) is 18.3 Å². The number of carbonyl (C=O) groups is 1. The third kappa shape index (κ3) is 4.60. The van der Waals surface area contributed by atoms with Gasteiger partial charge in [-0.25, -0.2) is 4.39 Å². The van der Waals surface area contributed by atoms with Crippen LogP contribution in [0.15, 0.2) is 42.5 Å². The molecule has 110 valence electrons. The molecule has 1 amide bonds. The lowest BCUT2D eigenvalue weighted by atomic mass is 10.1. The Balaban J connectivity index is 1.80. The van der Waals surface area contributed by atoms with Crippen LogP contribution in [-0.4, -0.2) is 12.5 Å². The number of hydrogen-bond acceptors (Lipinski definition) is 2. The molecule has 0 atom stereocenters. The Hall–Kier alpha value is -2.36. The van der Waals surface area contributed by atoms with Gasteiger partial charge in [0.05, 0.1) is 0 Å². The molecule has 0 radical (unpaired) electrons. The summed E-state index contributed by atoms with van der Waals surface area (Å²) in [5, 5.41) is 2.80. The van der Waals surface area contributed by atoms with Gasteiger partial charge in [0.15, 0.2) is 6.61 Å². The number of rotatable bonds is 5. The van der Waals surface area contributed by atoms with Crippen LogP contribution in [0.3, 0.4) is 0 Å². The van der Waals surface area contributed by atoms with Crippen molar-refractivity contribution < 1.29 is 13.9 Å². The van der Waals surface area contributed by atoms with Crippen molar-refractivity contribution in [2.24, 2.45) is 0 Å². The Labute approximate surface area is 123 Å². The lowest BCUT2D eigenvalue weighted by molar-refractivity contribution is -0.123. The van der Waals surface area contributed by atoms with E-state index in [4.69, 9.17) is 4.74 Å². The fourth-order valence-electron chi connectivity index (χ4n) is 1.97. The minimum absolute atomic E-state index is 0.0868. The first-order valence-corrected chi connectivity index (χ1v) is 6.76. The summed E-state index contributed by atoms with van der Waals surface area (Å²) in [6.45, 7) is 4.43. The molecule has 0 saturated heterocycles. The zero-order chi connectivity index (χ0) is 15.2. The molecule has 0 fully saturated rings. The molecule has 0 saturated carbocycles. The molecule has 2 aromatic carbocycles. The van der Waals surface area contributed by atoms with Crippen molar-refractivity contribution in [3.8, 4) is 5.75 Å². The molecule has 4 heteroatoms. The highest BCUT2D eigenvalue weighted by Crippen LogP contribution is 2.11. The molecule has 1 N–H and O–H groups in total. The topological polar surface area (TPSA) is 38.3 Å². The summed E-state index contributed by atoms with van der Waals surface area (Å²) in [6.07, 6.45) is 0. The van der Waals surface area contributed by atoms with E-state index in [9.17, 15) is 9.18 Å². The molecule has 0 aliphatic carbocycles. The number of amides is 1. The van der Waals surface area contributed by atoms with Crippen LogP contribution in [0.5, 0.6) is 5.75 Å². The summed E-state index contributed by atoms with van der Waals surface area (Å²) in [4.78, 5) is 11.7. The summed E-state index contributed by atoms with van der Waals surface area (Å²) in [5.41, 5.74) is 3.42. The van der Waals surface area contributed by atoms with E-state index < -0.39 is 0 Å². The summed E-state index contributed by atoms with van der Waals surface area (Å²) in [7, 11) is 0. The lowest BCUT2D eigenvalue weighted by Crippen LogP contribution is -2.28. The third-order valence-corrected chi connectivity index (χ3v) is 3.16. The van der Waals surface area contributed by atoms with Crippen molar-refractivity contribution in [1.82, 2.24) is 5.32 Å². The van der Waals surface area contributed by atoms with E-state index in [2.05, 4.69) is 11.4 Å². The van der Waals surface area contributed by atoms with Crippen LogP contribution in [0.4, 0.5) is 4.39 Å². The second-order valence-electron chi connectivity index (χ2n) is 4.95. The van der Waals surface area contributed by atoms with Crippen molar-refractivity contribution >= 4 is 5.91 Å². The first-order chi connectivity index (χ1) is 10.0. The number of hydrogen-bond donors (Lipinski definition) is 1. The predicted octanol–water partition coefficient (Wildman–Crippen LogP) is 3.14. The van der Waals surface area contributed by atoms with Crippen LogP contribution in [0, 0.1) is 19.7 Å². The maximum Gasteiger partial charge on any atom is 0.258 e. The van der Waals surface area contributed by atoms with E-state index in [1.807, 2.05) is 26.0 Å². The van der Waals surface area contributed by atoms with E-state index in [0.29, 0.717) is 12.3 Å². The number of ether oxygens (including phenoxy) is 1. The number of halogens is 1. The number of carbonyl (C=O) groups excluding carboxylic acids is 1. The van der Waals surface area contributed by atoms with Crippen molar-refractivity contribution in [2.75, 3.05) is 6.61 Å². The molecule has 21 heavy (non-hydrogen) atoms. The molecule has 0 spiro atoms. The van der Waals surface area contributed by atoms with Crippen molar-refractivity contribution in [1.29, 1.82) is 0 Å². The normalized spacial score (nSPS) is 10.2. The monoisotopic (exact) mass is 287 g/mol. The van der Waals surface area contributed by atoms with Gasteiger partial charge in [0.2, 0.25) is 0 Å². The van der Waals surface area contributed by atoms with Gasteiger partial charge in [0, 0.05) is 6.54 Å². The fraction of sp³-hybridized carbons (Fsp3) is 0.235. The third-order valence-electron chi connectivity index (χ3n) is 3.16. The Bertz CT molecular complexity index is 623. The molecule has 3 nitrogen and oxygen atoms in total. The average Bonchev–Trinajstić information content (AvgIpc) is 2.46. The van der Waals surface area contributed by atoms with Crippen LogP contribution in [0.1, 0.15) is 16.7 Å². The maximum absolute atomic E-state index is 12.7. The van der Waals surface area contributed by atoms with Crippen LogP contribution >= 0.6 is 0 Å². The van der Waals surface area contributed by atoms with E-state index in [0.717, 1.165) is 11.1 Å². The van der Waals surface area contributed by atoms with Gasteiger partial charge in [0.1, 0.15) is 11.6 Å². The Morgan fingerprint density at radius 3 is 2.52 bits per heavy atom. The van der Waals surface area contributed by atoms with Gasteiger partial charge in [0.25, 0.3) is 5.91 Å². The van der Waals surface area contributed by atoms with E-state index in [1.165, 1.54) is 29.8 Å². The highest BCUT2D eigenvalue weighted by atomic mass is 19.1. The summed E-state index contributed by atoms with van der Waals surface area (Å²) < 4.78 is 18.0. The van der Waals surface area contributed by atoms with E-state index >= 15 is 0 Å². The smallest absolute Gasteiger partial charge is 0.258 e. The molecule has 0 bridgehead atoms. The minimum Gasteiger partial charge on any atom is -0.484 e. The van der Waals surface area contributed by atoms with Crippen molar-refractivity contribution in [2.45, 2.75) is 20.4 Å².